The Balaban J connectivity index is 2.65. The Labute approximate surface area is 88.0 Å². The van der Waals surface area contributed by atoms with Gasteiger partial charge in [-0.15, -0.1) is 0 Å². The highest BCUT2D eigenvalue weighted by atomic mass is 19.1. The molecule has 1 aromatic carbocycles. The number of carbonyl (C=O) groups excluding carboxylic acids is 1. The molecular weight excluding hydrogens is 197 g/mol. The summed E-state index contributed by atoms with van der Waals surface area (Å²) in [5, 5.41) is 0. The lowest BCUT2D eigenvalue weighted by Crippen LogP contribution is -2.18. The Hall–Kier alpha value is -1.42. The lowest BCUT2D eigenvalue weighted by Gasteiger charge is -2.11. The van der Waals surface area contributed by atoms with E-state index in [4.69, 9.17) is 10.5 Å². The van der Waals surface area contributed by atoms with Crippen LogP contribution in [-0.4, -0.2) is 12.6 Å². The molecular formula is C11H14FNO2. The molecule has 0 aromatic heterocycles. The minimum atomic E-state index is -0.648. The lowest BCUT2D eigenvalue weighted by molar-refractivity contribution is -0.143. The van der Waals surface area contributed by atoms with Gasteiger partial charge in [-0.1, -0.05) is 18.2 Å². The molecule has 1 rings (SSSR count). The Kier molecular flexibility index (Phi) is 4.24. The fourth-order valence-corrected chi connectivity index (χ4v) is 1.29. The predicted molar refractivity (Wildman–Crippen MR) is 54.6 cm³/mol. The summed E-state index contributed by atoms with van der Waals surface area (Å²) in [5.41, 5.74) is 6.02. The van der Waals surface area contributed by atoms with Crippen LogP contribution in [0, 0.1) is 5.82 Å². The fourth-order valence-electron chi connectivity index (χ4n) is 1.29. The van der Waals surface area contributed by atoms with Crippen molar-refractivity contribution in [2.75, 3.05) is 6.61 Å². The summed E-state index contributed by atoms with van der Waals surface area (Å²) in [6.45, 7) is 2.02. The van der Waals surface area contributed by atoms with Crippen molar-refractivity contribution in [1.82, 2.24) is 0 Å². The smallest absolute Gasteiger partial charge is 0.307 e. The minimum absolute atomic E-state index is 0.00519. The average molecular weight is 211 g/mol. The van der Waals surface area contributed by atoms with Crippen molar-refractivity contribution in [2.24, 2.45) is 5.73 Å². The molecule has 1 atom stereocenters. The van der Waals surface area contributed by atoms with Gasteiger partial charge in [-0.05, 0) is 13.0 Å². The third-order valence-corrected chi connectivity index (χ3v) is 2.00. The van der Waals surface area contributed by atoms with E-state index in [1.54, 1.807) is 25.1 Å². The molecule has 0 aliphatic carbocycles. The van der Waals surface area contributed by atoms with Crippen LogP contribution in [0.4, 0.5) is 4.39 Å². The molecule has 15 heavy (non-hydrogen) atoms. The van der Waals surface area contributed by atoms with Crippen LogP contribution in [-0.2, 0) is 9.53 Å². The van der Waals surface area contributed by atoms with Crippen LogP contribution in [0.25, 0.3) is 0 Å². The van der Waals surface area contributed by atoms with Crippen LogP contribution in [0.2, 0.25) is 0 Å². The number of hydrogen-bond acceptors (Lipinski definition) is 3. The predicted octanol–water partition coefficient (Wildman–Crippen LogP) is 1.78. The van der Waals surface area contributed by atoms with E-state index in [0.717, 1.165) is 0 Å². The van der Waals surface area contributed by atoms with Crippen molar-refractivity contribution < 1.29 is 13.9 Å². The molecule has 0 bridgehead atoms. The molecule has 0 saturated heterocycles. The van der Waals surface area contributed by atoms with Crippen molar-refractivity contribution in [1.29, 1.82) is 0 Å². The number of nitrogens with two attached hydrogens (primary N) is 1. The number of benzene rings is 1. The second-order valence-corrected chi connectivity index (χ2v) is 3.14. The van der Waals surface area contributed by atoms with E-state index in [1.807, 2.05) is 0 Å². The van der Waals surface area contributed by atoms with Crippen LogP contribution in [0.15, 0.2) is 24.3 Å². The molecule has 3 nitrogen and oxygen atoms in total. The monoisotopic (exact) mass is 211 g/mol. The molecule has 0 aliphatic rings. The number of hydrogen-bond donors (Lipinski definition) is 1. The third kappa shape index (κ3) is 3.32. The summed E-state index contributed by atoms with van der Waals surface area (Å²) in [4.78, 5) is 11.1. The van der Waals surface area contributed by atoms with Crippen molar-refractivity contribution in [3.8, 4) is 0 Å². The van der Waals surface area contributed by atoms with Gasteiger partial charge in [-0.3, -0.25) is 4.79 Å². The average Bonchev–Trinajstić information content (AvgIpc) is 2.18. The van der Waals surface area contributed by atoms with Crippen LogP contribution in [0.1, 0.15) is 24.9 Å². The van der Waals surface area contributed by atoms with E-state index >= 15 is 0 Å². The van der Waals surface area contributed by atoms with Gasteiger partial charge < -0.3 is 10.5 Å². The first kappa shape index (κ1) is 11.7. The van der Waals surface area contributed by atoms with Crippen molar-refractivity contribution in [3.63, 3.8) is 0 Å². The molecule has 0 fully saturated rings. The van der Waals surface area contributed by atoms with Gasteiger partial charge in [0, 0.05) is 11.6 Å². The van der Waals surface area contributed by atoms with E-state index in [-0.39, 0.29) is 6.42 Å². The number of carbonyl (C=O) groups is 1. The number of halogens is 1. The maximum absolute atomic E-state index is 13.2. The van der Waals surface area contributed by atoms with Crippen molar-refractivity contribution in [2.45, 2.75) is 19.4 Å². The molecule has 0 radical (unpaired) electrons. The summed E-state index contributed by atoms with van der Waals surface area (Å²) in [7, 11) is 0. The maximum atomic E-state index is 13.2. The number of esters is 1. The van der Waals surface area contributed by atoms with Gasteiger partial charge in [-0.2, -0.15) is 0 Å². The first-order valence-corrected chi connectivity index (χ1v) is 4.80. The van der Waals surface area contributed by atoms with E-state index in [9.17, 15) is 9.18 Å². The van der Waals surface area contributed by atoms with Crippen LogP contribution < -0.4 is 5.73 Å². The van der Waals surface area contributed by atoms with Gasteiger partial charge in [0.25, 0.3) is 0 Å². The second kappa shape index (κ2) is 5.46. The molecule has 0 heterocycles. The summed E-state index contributed by atoms with van der Waals surface area (Å²) in [5.74, 6) is -0.803. The van der Waals surface area contributed by atoms with Crippen molar-refractivity contribution >= 4 is 5.97 Å². The molecule has 0 spiro atoms. The number of rotatable bonds is 4. The summed E-state index contributed by atoms with van der Waals surface area (Å²) >= 11 is 0. The molecule has 82 valence electrons. The van der Waals surface area contributed by atoms with E-state index in [1.165, 1.54) is 6.07 Å². The zero-order chi connectivity index (χ0) is 11.3. The van der Waals surface area contributed by atoms with Gasteiger partial charge in [0.2, 0.25) is 0 Å². The summed E-state index contributed by atoms with van der Waals surface area (Å²) < 4.78 is 18.0. The Bertz CT molecular complexity index is 341. The topological polar surface area (TPSA) is 52.3 Å². The largest absolute Gasteiger partial charge is 0.466 e. The van der Waals surface area contributed by atoms with Gasteiger partial charge in [0.05, 0.1) is 13.0 Å². The van der Waals surface area contributed by atoms with Gasteiger partial charge in [-0.25, -0.2) is 4.39 Å². The highest BCUT2D eigenvalue weighted by molar-refractivity contribution is 5.70. The highest BCUT2D eigenvalue weighted by Gasteiger charge is 2.15. The highest BCUT2D eigenvalue weighted by Crippen LogP contribution is 2.17. The first-order chi connectivity index (χ1) is 7.15. The second-order valence-electron chi connectivity index (χ2n) is 3.14. The first-order valence-electron chi connectivity index (χ1n) is 4.80. The van der Waals surface area contributed by atoms with E-state index in [2.05, 4.69) is 0 Å². The maximum Gasteiger partial charge on any atom is 0.307 e. The van der Waals surface area contributed by atoms with Crippen LogP contribution in [0.3, 0.4) is 0 Å². The molecule has 1 aromatic rings. The van der Waals surface area contributed by atoms with Crippen molar-refractivity contribution in [3.05, 3.63) is 35.6 Å². The molecule has 4 heteroatoms. The quantitative estimate of drug-likeness (QED) is 0.772. The minimum Gasteiger partial charge on any atom is -0.466 e. The van der Waals surface area contributed by atoms with Gasteiger partial charge in [0.1, 0.15) is 5.82 Å². The molecule has 2 N–H and O–H groups in total. The Morgan fingerprint density at radius 1 is 1.53 bits per heavy atom. The molecule has 0 unspecified atom stereocenters. The Morgan fingerprint density at radius 3 is 2.80 bits per heavy atom. The molecule has 0 saturated carbocycles. The van der Waals surface area contributed by atoms with E-state index in [0.29, 0.717) is 12.2 Å². The van der Waals surface area contributed by atoms with Gasteiger partial charge in [0.15, 0.2) is 0 Å². The fraction of sp³-hybridized carbons (Fsp3) is 0.364. The standard InChI is InChI=1S/C11H14FNO2/c1-2-15-11(14)7-10(13)8-5-3-4-6-9(8)12/h3-6,10H,2,7,13H2,1H3/t10-/m0/s1. The summed E-state index contributed by atoms with van der Waals surface area (Å²) in [6.07, 6.45) is -0.00519. The molecule has 0 amide bonds. The third-order valence-electron chi connectivity index (χ3n) is 2.00. The van der Waals surface area contributed by atoms with E-state index < -0.39 is 17.8 Å². The van der Waals surface area contributed by atoms with Crippen LogP contribution in [0.5, 0.6) is 0 Å². The molecule has 0 aliphatic heterocycles. The van der Waals surface area contributed by atoms with Crippen LogP contribution >= 0.6 is 0 Å². The zero-order valence-corrected chi connectivity index (χ0v) is 8.57. The van der Waals surface area contributed by atoms with Gasteiger partial charge >= 0.3 is 5.97 Å². The lowest BCUT2D eigenvalue weighted by atomic mass is 10.0. The summed E-state index contributed by atoms with van der Waals surface area (Å²) in [6, 6.07) is 5.50. The zero-order valence-electron chi connectivity index (χ0n) is 8.57. The SMILES string of the molecule is CCOC(=O)C[C@H](N)c1ccccc1F. The Morgan fingerprint density at radius 2 is 2.20 bits per heavy atom. The normalized spacial score (nSPS) is 12.2. The number of ether oxygens (including phenoxy) is 1.